The van der Waals surface area contributed by atoms with E-state index in [9.17, 15) is 4.79 Å². The second kappa shape index (κ2) is 7.01. The second-order valence-electron chi connectivity index (χ2n) is 8.34. The Kier molecular flexibility index (Phi) is 4.68. The van der Waals surface area contributed by atoms with Crippen LogP contribution in [0.1, 0.15) is 36.8 Å². The molecule has 2 aromatic carbocycles. The molecular formula is C23H29N3O. The molecule has 27 heavy (non-hydrogen) atoms. The maximum absolute atomic E-state index is 12.6. The third-order valence-electron chi connectivity index (χ3n) is 6.57. The Morgan fingerprint density at radius 1 is 0.926 bits per heavy atom. The zero-order valence-corrected chi connectivity index (χ0v) is 16.3. The number of carbonyl (C=O) groups excluding carboxylic acids is 1. The Hall–Kier alpha value is -2.33. The van der Waals surface area contributed by atoms with Gasteiger partial charge in [-0.1, -0.05) is 60.7 Å². The third-order valence-corrected chi connectivity index (χ3v) is 6.57. The molecule has 1 N–H and O–H groups in total. The van der Waals surface area contributed by atoms with Gasteiger partial charge in [0.05, 0.1) is 5.54 Å². The predicted molar refractivity (Wildman–Crippen MR) is 108 cm³/mol. The summed E-state index contributed by atoms with van der Waals surface area (Å²) in [7, 11) is 4.36. The standard InChI is InChI=1S/C23H29N3O/c1-25(2)23(20-11-7-4-8-12-20)15-13-22(14-16-23)18-26(21(27)24-22)17-19-9-5-3-6-10-19/h3-12H,13-18H2,1-2H3,(H,24,27)/t22-,23+. The van der Waals surface area contributed by atoms with E-state index in [1.165, 1.54) is 11.1 Å². The average Bonchev–Trinajstić information content (AvgIpc) is 2.99. The Morgan fingerprint density at radius 3 is 2.11 bits per heavy atom. The first-order valence-electron chi connectivity index (χ1n) is 9.87. The van der Waals surface area contributed by atoms with Crippen LogP contribution in [-0.4, -0.2) is 42.0 Å². The van der Waals surface area contributed by atoms with Gasteiger partial charge in [0.15, 0.2) is 0 Å². The van der Waals surface area contributed by atoms with Crippen molar-refractivity contribution in [2.45, 2.75) is 43.3 Å². The van der Waals surface area contributed by atoms with E-state index in [-0.39, 0.29) is 17.1 Å². The van der Waals surface area contributed by atoms with Gasteiger partial charge in [-0.05, 0) is 50.9 Å². The largest absolute Gasteiger partial charge is 0.331 e. The number of nitrogens with zero attached hydrogens (tertiary/aromatic N) is 2. The fourth-order valence-electron chi connectivity index (χ4n) is 4.88. The highest BCUT2D eigenvalue weighted by molar-refractivity contribution is 5.78. The number of hydrogen-bond donors (Lipinski definition) is 1. The minimum Gasteiger partial charge on any atom is -0.331 e. The number of hydrogen-bond acceptors (Lipinski definition) is 2. The molecule has 0 unspecified atom stereocenters. The maximum atomic E-state index is 12.6. The third kappa shape index (κ3) is 3.34. The lowest BCUT2D eigenvalue weighted by Crippen LogP contribution is -2.54. The molecule has 4 heteroatoms. The van der Waals surface area contributed by atoms with Crippen molar-refractivity contribution in [2.24, 2.45) is 0 Å². The number of carbonyl (C=O) groups is 1. The van der Waals surface area contributed by atoms with E-state index in [0.717, 1.165) is 32.2 Å². The highest BCUT2D eigenvalue weighted by Gasteiger charge is 2.49. The number of benzene rings is 2. The molecule has 1 saturated carbocycles. The van der Waals surface area contributed by atoms with E-state index in [4.69, 9.17) is 0 Å². The van der Waals surface area contributed by atoms with Gasteiger partial charge in [-0.2, -0.15) is 0 Å². The van der Waals surface area contributed by atoms with Gasteiger partial charge in [0.25, 0.3) is 0 Å². The summed E-state index contributed by atoms with van der Waals surface area (Å²) in [6, 6.07) is 21.2. The molecule has 1 aliphatic heterocycles. The van der Waals surface area contributed by atoms with E-state index in [2.05, 4.69) is 66.8 Å². The van der Waals surface area contributed by atoms with Crippen LogP contribution >= 0.6 is 0 Å². The Bertz CT molecular complexity index is 780. The molecule has 0 bridgehead atoms. The second-order valence-corrected chi connectivity index (χ2v) is 8.34. The molecule has 1 aliphatic carbocycles. The molecule has 0 aromatic heterocycles. The van der Waals surface area contributed by atoms with Gasteiger partial charge in [-0.15, -0.1) is 0 Å². The van der Waals surface area contributed by atoms with E-state index in [1.807, 2.05) is 23.1 Å². The summed E-state index contributed by atoms with van der Waals surface area (Å²) in [5, 5.41) is 3.34. The van der Waals surface area contributed by atoms with Crippen molar-refractivity contribution in [1.29, 1.82) is 0 Å². The molecule has 1 spiro atoms. The lowest BCUT2D eigenvalue weighted by molar-refractivity contribution is 0.0617. The van der Waals surface area contributed by atoms with Crippen LogP contribution in [0, 0.1) is 0 Å². The molecule has 4 rings (SSSR count). The first kappa shape index (κ1) is 18.1. The molecule has 2 aromatic rings. The quantitative estimate of drug-likeness (QED) is 0.892. The normalized spacial score (nSPS) is 28.0. The lowest BCUT2D eigenvalue weighted by atomic mass is 9.69. The van der Waals surface area contributed by atoms with Gasteiger partial charge >= 0.3 is 6.03 Å². The van der Waals surface area contributed by atoms with Crippen molar-refractivity contribution in [3.63, 3.8) is 0 Å². The fraction of sp³-hybridized carbons (Fsp3) is 0.435. The maximum Gasteiger partial charge on any atom is 0.318 e. The van der Waals surface area contributed by atoms with Gasteiger partial charge in [0.1, 0.15) is 0 Å². The molecule has 1 heterocycles. The highest BCUT2D eigenvalue weighted by Crippen LogP contribution is 2.46. The predicted octanol–water partition coefficient (Wildman–Crippen LogP) is 3.98. The molecule has 2 amide bonds. The summed E-state index contributed by atoms with van der Waals surface area (Å²) in [5.41, 5.74) is 2.55. The topological polar surface area (TPSA) is 35.6 Å². The van der Waals surface area contributed by atoms with Crippen LogP contribution in [0.3, 0.4) is 0 Å². The summed E-state index contributed by atoms with van der Waals surface area (Å²) in [6.45, 7) is 1.49. The van der Waals surface area contributed by atoms with Crippen molar-refractivity contribution < 1.29 is 4.79 Å². The van der Waals surface area contributed by atoms with Crippen molar-refractivity contribution >= 4 is 6.03 Å². The van der Waals surface area contributed by atoms with Gasteiger partial charge in [0.2, 0.25) is 0 Å². The Balaban J connectivity index is 1.49. The van der Waals surface area contributed by atoms with Crippen molar-refractivity contribution in [1.82, 2.24) is 15.1 Å². The lowest BCUT2D eigenvalue weighted by Gasteiger charge is -2.48. The van der Waals surface area contributed by atoms with Gasteiger partial charge in [-0.3, -0.25) is 4.90 Å². The number of amides is 2. The molecule has 0 radical (unpaired) electrons. The van der Waals surface area contributed by atoms with Gasteiger partial charge in [0, 0.05) is 18.6 Å². The highest BCUT2D eigenvalue weighted by atomic mass is 16.2. The summed E-state index contributed by atoms with van der Waals surface area (Å²) in [6.07, 6.45) is 4.14. The van der Waals surface area contributed by atoms with Gasteiger partial charge in [-0.25, -0.2) is 4.79 Å². The first-order chi connectivity index (χ1) is 13.0. The number of urea groups is 1. The molecule has 142 valence electrons. The van der Waals surface area contributed by atoms with Gasteiger partial charge < -0.3 is 10.2 Å². The molecule has 4 nitrogen and oxygen atoms in total. The van der Waals surface area contributed by atoms with Crippen LogP contribution in [0.25, 0.3) is 0 Å². The first-order valence-corrected chi connectivity index (χ1v) is 9.87. The monoisotopic (exact) mass is 363 g/mol. The summed E-state index contributed by atoms with van der Waals surface area (Å²) in [4.78, 5) is 17.0. The van der Waals surface area contributed by atoms with E-state index < -0.39 is 0 Å². The van der Waals surface area contributed by atoms with Crippen LogP contribution in [0.4, 0.5) is 4.79 Å². The molecule has 2 fully saturated rings. The zero-order valence-electron chi connectivity index (χ0n) is 16.3. The van der Waals surface area contributed by atoms with Crippen molar-refractivity contribution in [3.05, 3.63) is 71.8 Å². The summed E-state index contributed by atoms with van der Waals surface area (Å²) >= 11 is 0. The van der Waals surface area contributed by atoms with E-state index >= 15 is 0 Å². The minimum absolute atomic E-state index is 0.0596. The smallest absolute Gasteiger partial charge is 0.318 e. The fourth-order valence-corrected chi connectivity index (χ4v) is 4.88. The van der Waals surface area contributed by atoms with Crippen LogP contribution in [-0.2, 0) is 12.1 Å². The van der Waals surface area contributed by atoms with E-state index in [1.54, 1.807) is 0 Å². The van der Waals surface area contributed by atoms with Crippen LogP contribution in [0.2, 0.25) is 0 Å². The zero-order chi connectivity index (χ0) is 18.9. The number of nitrogens with one attached hydrogen (secondary N) is 1. The molecular weight excluding hydrogens is 334 g/mol. The molecule has 1 saturated heterocycles. The van der Waals surface area contributed by atoms with Crippen LogP contribution in [0.5, 0.6) is 0 Å². The molecule has 2 aliphatic rings. The van der Waals surface area contributed by atoms with E-state index in [0.29, 0.717) is 6.54 Å². The summed E-state index contributed by atoms with van der Waals surface area (Å²) in [5.74, 6) is 0. The Labute approximate surface area is 162 Å². The minimum atomic E-state index is -0.0832. The number of rotatable bonds is 4. The van der Waals surface area contributed by atoms with Crippen molar-refractivity contribution in [3.8, 4) is 0 Å². The summed E-state index contributed by atoms with van der Waals surface area (Å²) < 4.78 is 0. The van der Waals surface area contributed by atoms with Crippen molar-refractivity contribution in [2.75, 3.05) is 20.6 Å². The van der Waals surface area contributed by atoms with Crippen LogP contribution in [0.15, 0.2) is 60.7 Å². The molecule has 0 atom stereocenters. The Morgan fingerprint density at radius 2 is 1.52 bits per heavy atom. The van der Waals surface area contributed by atoms with Crippen LogP contribution < -0.4 is 5.32 Å². The average molecular weight is 364 g/mol. The SMILES string of the molecule is CN(C)[C@]1(c2ccccc2)CC[C@]2(CC1)CN(Cc1ccccc1)C(=O)N2.